The molecule has 1 heterocycles. The predicted octanol–water partition coefficient (Wildman–Crippen LogP) is 3.17. The Hall–Kier alpha value is -3.52. The SMILES string of the molecule is CN(Cc1ccc(C#N)cc1)C(=O)/C=C/c1cnc2ccccc2n1. The topological polar surface area (TPSA) is 69.9 Å². The molecule has 0 aliphatic heterocycles. The number of fused-ring (bicyclic) bond motifs is 1. The zero-order chi connectivity index (χ0) is 17.6. The summed E-state index contributed by atoms with van der Waals surface area (Å²) < 4.78 is 0. The molecule has 3 rings (SSSR count). The Balaban J connectivity index is 1.67. The van der Waals surface area contributed by atoms with Gasteiger partial charge in [0.15, 0.2) is 0 Å². The van der Waals surface area contributed by atoms with Crippen LogP contribution in [0.4, 0.5) is 0 Å². The lowest BCUT2D eigenvalue weighted by Gasteiger charge is -2.15. The molecule has 0 spiro atoms. The van der Waals surface area contributed by atoms with Gasteiger partial charge in [-0.05, 0) is 35.9 Å². The number of para-hydroxylation sites is 2. The number of benzene rings is 2. The number of hydrogen-bond acceptors (Lipinski definition) is 4. The van der Waals surface area contributed by atoms with E-state index in [0.29, 0.717) is 17.8 Å². The van der Waals surface area contributed by atoms with Gasteiger partial charge in [-0.3, -0.25) is 9.78 Å². The zero-order valence-corrected chi connectivity index (χ0v) is 13.8. The van der Waals surface area contributed by atoms with Crippen LogP contribution < -0.4 is 0 Å². The van der Waals surface area contributed by atoms with Gasteiger partial charge < -0.3 is 4.90 Å². The molecule has 0 unspecified atom stereocenters. The first-order valence-corrected chi connectivity index (χ1v) is 7.80. The van der Waals surface area contributed by atoms with E-state index in [4.69, 9.17) is 5.26 Å². The molecule has 1 aromatic heterocycles. The van der Waals surface area contributed by atoms with Crippen molar-refractivity contribution >= 4 is 23.0 Å². The molecule has 0 radical (unpaired) electrons. The van der Waals surface area contributed by atoms with Crippen LogP contribution in [-0.4, -0.2) is 27.8 Å². The Kier molecular flexibility index (Phi) is 4.82. The van der Waals surface area contributed by atoms with Crippen LogP contribution in [0.25, 0.3) is 17.1 Å². The molecule has 5 heteroatoms. The van der Waals surface area contributed by atoms with E-state index in [1.807, 2.05) is 36.4 Å². The van der Waals surface area contributed by atoms with Crippen LogP contribution in [0.1, 0.15) is 16.8 Å². The van der Waals surface area contributed by atoms with Gasteiger partial charge in [0.2, 0.25) is 5.91 Å². The lowest BCUT2D eigenvalue weighted by atomic mass is 10.1. The Labute approximate surface area is 145 Å². The molecular formula is C20H16N4O. The van der Waals surface area contributed by atoms with Crippen LogP contribution in [0.5, 0.6) is 0 Å². The number of amides is 1. The maximum atomic E-state index is 12.2. The lowest BCUT2D eigenvalue weighted by molar-refractivity contribution is -0.125. The third kappa shape index (κ3) is 4.06. The highest BCUT2D eigenvalue weighted by atomic mass is 16.2. The van der Waals surface area contributed by atoms with Crippen LogP contribution in [-0.2, 0) is 11.3 Å². The van der Waals surface area contributed by atoms with E-state index in [1.165, 1.54) is 6.08 Å². The number of carbonyl (C=O) groups excluding carboxylic acids is 1. The van der Waals surface area contributed by atoms with Crippen molar-refractivity contribution in [3.05, 3.63) is 77.6 Å². The molecule has 0 aliphatic carbocycles. The highest BCUT2D eigenvalue weighted by Gasteiger charge is 2.06. The smallest absolute Gasteiger partial charge is 0.246 e. The quantitative estimate of drug-likeness (QED) is 0.690. The molecule has 0 saturated heterocycles. The molecule has 0 fully saturated rings. The summed E-state index contributed by atoms with van der Waals surface area (Å²) >= 11 is 0. The summed E-state index contributed by atoms with van der Waals surface area (Å²) in [4.78, 5) is 22.6. The van der Waals surface area contributed by atoms with E-state index in [2.05, 4.69) is 16.0 Å². The fourth-order valence-corrected chi connectivity index (χ4v) is 2.37. The van der Waals surface area contributed by atoms with Crippen molar-refractivity contribution < 1.29 is 4.79 Å². The van der Waals surface area contributed by atoms with E-state index in [-0.39, 0.29) is 5.91 Å². The molecule has 1 amide bonds. The molecule has 0 N–H and O–H groups in total. The fourth-order valence-electron chi connectivity index (χ4n) is 2.37. The van der Waals surface area contributed by atoms with Gasteiger partial charge in [-0.1, -0.05) is 24.3 Å². The molecule has 3 aromatic rings. The number of rotatable bonds is 4. The van der Waals surface area contributed by atoms with E-state index in [9.17, 15) is 4.79 Å². The normalized spacial score (nSPS) is 10.7. The Morgan fingerprint density at radius 2 is 1.88 bits per heavy atom. The summed E-state index contributed by atoms with van der Waals surface area (Å²) in [5.74, 6) is -0.126. The van der Waals surface area contributed by atoms with Gasteiger partial charge in [-0.2, -0.15) is 5.26 Å². The Morgan fingerprint density at radius 1 is 1.16 bits per heavy atom. The lowest BCUT2D eigenvalue weighted by Crippen LogP contribution is -2.24. The fraction of sp³-hybridized carbons (Fsp3) is 0.100. The van der Waals surface area contributed by atoms with Crippen molar-refractivity contribution in [1.29, 1.82) is 5.26 Å². The van der Waals surface area contributed by atoms with Crippen molar-refractivity contribution in [2.24, 2.45) is 0 Å². The molecule has 25 heavy (non-hydrogen) atoms. The minimum atomic E-state index is -0.126. The highest BCUT2D eigenvalue weighted by molar-refractivity contribution is 5.91. The Bertz CT molecular complexity index is 971. The average Bonchev–Trinajstić information content (AvgIpc) is 2.66. The van der Waals surface area contributed by atoms with Crippen molar-refractivity contribution in [3.8, 4) is 6.07 Å². The van der Waals surface area contributed by atoms with Crippen LogP contribution >= 0.6 is 0 Å². The van der Waals surface area contributed by atoms with Gasteiger partial charge in [0.25, 0.3) is 0 Å². The molecule has 0 aliphatic rings. The molecule has 2 aromatic carbocycles. The van der Waals surface area contributed by atoms with E-state index in [1.54, 1.807) is 36.4 Å². The van der Waals surface area contributed by atoms with E-state index in [0.717, 1.165) is 16.6 Å². The standard InChI is InChI=1S/C20H16N4O/c1-24(14-16-8-6-15(12-21)7-9-16)20(25)11-10-17-13-22-18-4-2-3-5-19(18)23-17/h2-11,13H,14H2,1H3/b11-10+. The zero-order valence-electron chi connectivity index (χ0n) is 13.8. The maximum absolute atomic E-state index is 12.2. The molecular weight excluding hydrogens is 312 g/mol. The number of hydrogen-bond donors (Lipinski definition) is 0. The highest BCUT2D eigenvalue weighted by Crippen LogP contribution is 2.10. The van der Waals surface area contributed by atoms with Gasteiger partial charge in [-0.15, -0.1) is 0 Å². The van der Waals surface area contributed by atoms with Crippen LogP contribution in [0, 0.1) is 11.3 Å². The first kappa shape index (κ1) is 16.3. The average molecular weight is 328 g/mol. The summed E-state index contributed by atoms with van der Waals surface area (Å²) in [5, 5.41) is 8.81. The van der Waals surface area contributed by atoms with Gasteiger partial charge in [0.1, 0.15) is 0 Å². The number of likely N-dealkylation sites (N-methyl/N-ethyl adjacent to an activating group) is 1. The van der Waals surface area contributed by atoms with Crippen LogP contribution in [0.3, 0.4) is 0 Å². The largest absolute Gasteiger partial charge is 0.338 e. The first-order chi connectivity index (χ1) is 12.2. The number of nitriles is 1. The summed E-state index contributed by atoms with van der Waals surface area (Å²) in [6.07, 6.45) is 4.80. The summed E-state index contributed by atoms with van der Waals surface area (Å²) in [7, 11) is 1.73. The van der Waals surface area contributed by atoms with E-state index < -0.39 is 0 Å². The number of aromatic nitrogens is 2. The first-order valence-electron chi connectivity index (χ1n) is 7.80. The minimum Gasteiger partial charge on any atom is -0.338 e. The molecule has 0 bridgehead atoms. The minimum absolute atomic E-state index is 0.126. The van der Waals surface area contributed by atoms with Crippen molar-refractivity contribution in [3.63, 3.8) is 0 Å². The Morgan fingerprint density at radius 3 is 2.60 bits per heavy atom. The van der Waals surface area contributed by atoms with Gasteiger partial charge in [0, 0.05) is 19.7 Å². The summed E-state index contributed by atoms with van der Waals surface area (Å²) in [6, 6.07) is 16.9. The van der Waals surface area contributed by atoms with Crippen molar-refractivity contribution in [2.45, 2.75) is 6.54 Å². The van der Waals surface area contributed by atoms with Gasteiger partial charge in [0.05, 0.1) is 34.6 Å². The van der Waals surface area contributed by atoms with Gasteiger partial charge in [-0.25, -0.2) is 4.98 Å². The second kappa shape index (κ2) is 7.37. The van der Waals surface area contributed by atoms with Crippen molar-refractivity contribution in [1.82, 2.24) is 14.9 Å². The van der Waals surface area contributed by atoms with Crippen LogP contribution in [0.15, 0.2) is 60.8 Å². The molecule has 0 atom stereocenters. The van der Waals surface area contributed by atoms with Gasteiger partial charge >= 0.3 is 0 Å². The second-order valence-corrected chi connectivity index (χ2v) is 5.62. The van der Waals surface area contributed by atoms with Crippen molar-refractivity contribution in [2.75, 3.05) is 7.05 Å². The monoisotopic (exact) mass is 328 g/mol. The molecule has 0 saturated carbocycles. The van der Waals surface area contributed by atoms with Crippen LogP contribution in [0.2, 0.25) is 0 Å². The predicted molar refractivity (Wildman–Crippen MR) is 96.2 cm³/mol. The third-order valence-electron chi connectivity index (χ3n) is 3.74. The third-order valence-corrected chi connectivity index (χ3v) is 3.74. The number of nitrogens with zero attached hydrogens (tertiary/aromatic N) is 4. The van der Waals surface area contributed by atoms with E-state index >= 15 is 0 Å². The molecule has 5 nitrogen and oxygen atoms in total. The maximum Gasteiger partial charge on any atom is 0.246 e. The summed E-state index contributed by atoms with van der Waals surface area (Å²) in [6.45, 7) is 0.471. The number of carbonyl (C=O) groups is 1. The summed E-state index contributed by atoms with van der Waals surface area (Å²) in [5.41, 5.74) is 3.83. The molecule has 122 valence electrons. The second-order valence-electron chi connectivity index (χ2n) is 5.62.